The first-order chi connectivity index (χ1) is 11.1. The molecule has 0 aliphatic carbocycles. The first kappa shape index (κ1) is 16.2. The van der Waals surface area contributed by atoms with Gasteiger partial charge in [0.15, 0.2) is 22.9 Å². The van der Waals surface area contributed by atoms with E-state index in [9.17, 15) is 10.1 Å². The van der Waals surface area contributed by atoms with Gasteiger partial charge in [0.1, 0.15) is 6.07 Å². The molecule has 2 rings (SSSR count). The summed E-state index contributed by atoms with van der Waals surface area (Å²) in [5, 5.41) is 9.18. The Balaban J connectivity index is 2.45. The summed E-state index contributed by atoms with van der Waals surface area (Å²) < 4.78 is 15.3. The van der Waals surface area contributed by atoms with Gasteiger partial charge in [-0.05, 0) is 25.1 Å². The Bertz CT molecular complexity index is 768. The molecule has 0 aliphatic rings. The van der Waals surface area contributed by atoms with E-state index in [2.05, 4.69) is 9.97 Å². The number of ether oxygens (including phenoxy) is 3. The maximum absolute atomic E-state index is 11.7. The van der Waals surface area contributed by atoms with Crippen LogP contribution in [0, 0.1) is 11.3 Å². The number of methoxy groups -OCH3 is 2. The van der Waals surface area contributed by atoms with E-state index in [-0.39, 0.29) is 18.0 Å². The summed E-state index contributed by atoms with van der Waals surface area (Å²) in [6, 6.07) is 7.07. The Morgan fingerprint density at radius 2 is 2.00 bits per heavy atom. The average molecular weight is 313 g/mol. The third-order valence-electron chi connectivity index (χ3n) is 3.03. The lowest BCUT2D eigenvalue weighted by molar-refractivity contribution is 0.0518. The van der Waals surface area contributed by atoms with Gasteiger partial charge in [-0.25, -0.2) is 14.8 Å². The highest BCUT2D eigenvalue weighted by atomic mass is 16.5. The first-order valence-corrected chi connectivity index (χ1v) is 6.81. The van der Waals surface area contributed by atoms with E-state index in [1.807, 2.05) is 6.07 Å². The van der Waals surface area contributed by atoms with Crippen LogP contribution < -0.4 is 9.47 Å². The number of aromatic nitrogens is 2. The summed E-state index contributed by atoms with van der Waals surface area (Å²) in [5.41, 5.74) is 0.937. The Kier molecular flexibility index (Phi) is 5.10. The van der Waals surface area contributed by atoms with Crippen LogP contribution in [0.1, 0.15) is 23.1 Å². The highest BCUT2D eigenvalue weighted by Gasteiger charge is 2.17. The van der Waals surface area contributed by atoms with Crippen LogP contribution in [-0.4, -0.2) is 36.8 Å². The lowest BCUT2D eigenvalue weighted by Gasteiger charge is -2.10. The SMILES string of the molecule is CCOC(=O)c1ncc(-c2ccc(OC)c(OC)c2)nc1C#N. The van der Waals surface area contributed by atoms with E-state index in [0.29, 0.717) is 22.8 Å². The Labute approximate surface area is 133 Å². The first-order valence-electron chi connectivity index (χ1n) is 6.81. The molecular weight excluding hydrogens is 298 g/mol. The van der Waals surface area contributed by atoms with E-state index in [1.54, 1.807) is 32.2 Å². The molecule has 0 fully saturated rings. The van der Waals surface area contributed by atoms with Crippen molar-refractivity contribution in [1.29, 1.82) is 5.26 Å². The van der Waals surface area contributed by atoms with Crippen molar-refractivity contribution in [3.63, 3.8) is 0 Å². The molecule has 23 heavy (non-hydrogen) atoms. The molecule has 7 heteroatoms. The van der Waals surface area contributed by atoms with Gasteiger partial charge in [0.25, 0.3) is 0 Å². The largest absolute Gasteiger partial charge is 0.493 e. The molecular formula is C16H15N3O4. The summed E-state index contributed by atoms with van der Waals surface area (Å²) in [6.45, 7) is 1.87. The minimum absolute atomic E-state index is 0.0873. The molecule has 0 atom stereocenters. The molecule has 0 saturated heterocycles. The standard InChI is InChI=1S/C16H15N3O4/c1-4-23-16(20)15-11(8-17)19-12(9-18-15)10-5-6-13(21-2)14(7-10)22-3/h5-7,9H,4H2,1-3H3. The molecule has 1 aromatic carbocycles. The smallest absolute Gasteiger partial charge is 0.359 e. The van der Waals surface area contributed by atoms with Crippen molar-refractivity contribution in [3.05, 3.63) is 35.8 Å². The number of nitrogens with zero attached hydrogens (tertiary/aromatic N) is 3. The number of carbonyl (C=O) groups is 1. The Morgan fingerprint density at radius 3 is 2.61 bits per heavy atom. The zero-order chi connectivity index (χ0) is 16.8. The van der Waals surface area contributed by atoms with Gasteiger partial charge in [0.2, 0.25) is 0 Å². The number of benzene rings is 1. The second-order valence-electron chi connectivity index (χ2n) is 4.35. The van der Waals surface area contributed by atoms with Gasteiger partial charge >= 0.3 is 5.97 Å². The van der Waals surface area contributed by atoms with Crippen molar-refractivity contribution in [2.75, 3.05) is 20.8 Å². The fourth-order valence-electron chi connectivity index (χ4n) is 1.95. The summed E-state index contributed by atoms with van der Waals surface area (Å²) in [7, 11) is 3.07. The van der Waals surface area contributed by atoms with Crippen LogP contribution in [0.15, 0.2) is 24.4 Å². The zero-order valence-electron chi connectivity index (χ0n) is 13.0. The third-order valence-corrected chi connectivity index (χ3v) is 3.03. The second kappa shape index (κ2) is 7.22. The number of rotatable bonds is 5. The molecule has 0 amide bonds. The monoisotopic (exact) mass is 313 g/mol. The quantitative estimate of drug-likeness (QED) is 0.781. The van der Waals surface area contributed by atoms with E-state index < -0.39 is 5.97 Å². The number of esters is 1. The molecule has 118 valence electrons. The fourth-order valence-corrected chi connectivity index (χ4v) is 1.95. The summed E-state index contributed by atoms with van der Waals surface area (Å²) in [6.07, 6.45) is 1.41. The topological polar surface area (TPSA) is 94.3 Å². The number of hydrogen-bond acceptors (Lipinski definition) is 7. The minimum atomic E-state index is -0.671. The maximum Gasteiger partial charge on any atom is 0.359 e. The molecule has 0 saturated carbocycles. The molecule has 7 nitrogen and oxygen atoms in total. The second-order valence-corrected chi connectivity index (χ2v) is 4.35. The van der Waals surface area contributed by atoms with Gasteiger partial charge < -0.3 is 14.2 Å². The number of carbonyl (C=O) groups excluding carboxylic acids is 1. The zero-order valence-corrected chi connectivity index (χ0v) is 13.0. The van der Waals surface area contributed by atoms with E-state index in [0.717, 1.165) is 0 Å². The average Bonchev–Trinajstić information content (AvgIpc) is 2.60. The fraction of sp³-hybridized carbons (Fsp3) is 0.250. The van der Waals surface area contributed by atoms with Crippen LogP contribution >= 0.6 is 0 Å². The van der Waals surface area contributed by atoms with Crippen LogP contribution in [-0.2, 0) is 4.74 Å². The van der Waals surface area contributed by atoms with E-state index in [1.165, 1.54) is 13.3 Å². The Morgan fingerprint density at radius 1 is 1.26 bits per heavy atom. The molecule has 0 unspecified atom stereocenters. The van der Waals surface area contributed by atoms with Crippen LogP contribution in [0.4, 0.5) is 0 Å². The highest BCUT2D eigenvalue weighted by Crippen LogP contribution is 2.31. The lowest BCUT2D eigenvalue weighted by Crippen LogP contribution is -2.11. The highest BCUT2D eigenvalue weighted by molar-refractivity contribution is 5.89. The van der Waals surface area contributed by atoms with Crippen LogP contribution in [0.25, 0.3) is 11.3 Å². The lowest BCUT2D eigenvalue weighted by atomic mass is 10.1. The summed E-state index contributed by atoms with van der Waals surface area (Å²) in [5.74, 6) is 0.433. The molecule has 1 heterocycles. The predicted molar refractivity (Wildman–Crippen MR) is 81.2 cm³/mol. The number of nitriles is 1. The molecule has 0 N–H and O–H groups in total. The molecule has 0 bridgehead atoms. The minimum Gasteiger partial charge on any atom is -0.493 e. The molecule has 0 radical (unpaired) electrons. The molecule has 1 aromatic heterocycles. The van der Waals surface area contributed by atoms with Crippen molar-refractivity contribution in [3.8, 4) is 28.8 Å². The van der Waals surface area contributed by atoms with Crippen molar-refractivity contribution in [2.24, 2.45) is 0 Å². The predicted octanol–water partition coefficient (Wildman–Crippen LogP) is 2.21. The van der Waals surface area contributed by atoms with Gasteiger partial charge in [0.05, 0.1) is 32.7 Å². The molecule has 0 spiro atoms. The van der Waals surface area contributed by atoms with Crippen LogP contribution in [0.3, 0.4) is 0 Å². The van der Waals surface area contributed by atoms with Gasteiger partial charge in [0, 0.05) is 5.56 Å². The van der Waals surface area contributed by atoms with Crippen molar-refractivity contribution < 1.29 is 19.0 Å². The van der Waals surface area contributed by atoms with Gasteiger partial charge in [-0.1, -0.05) is 0 Å². The number of hydrogen-bond donors (Lipinski definition) is 0. The van der Waals surface area contributed by atoms with Crippen molar-refractivity contribution in [1.82, 2.24) is 9.97 Å². The van der Waals surface area contributed by atoms with Gasteiger partial charge in [-0.15, -0.1) is 0 Å². The van der Waals surface area contributed by atoms with Gasteiger partial charge in [-0.3, -0.25) is 0 Å². The van der Waals surface area contributed by atoms with E-state index in [4.69, 9.17) is 14.2 Å². The normalized spacial score (nSPS) is 9.83. The molecule has 2 aromatic rings. The van der Waals surface area contributed by atoms with E-state index >= 15 is 0 Å². The van der Waals surface area contributed by atoms with Crippen LogP contribution in [0.5, 0.6) is 11.5 Å². The van der Waals surface area contributed by atoms with Gasteiger partial charge in [-0.2, -0.15) is 5.26 Å². The van der Waals surface area contributed by atoms with Crippen LogP contribution in [0.2, 0.25) is 0 Å². The van der Waals surface area contributed by atoms with Crippen molar-refractivity contribution in [2.45, 2.75) is 6.92 Å². The molecule has 0 aliphatic heterocycles. The summed E-state index contributed by atoms with van der Waals surface area (Å²) in [4.78, 5) is 19.9. The maximum atomic E-state index is 11.7. The van der Waals surface area contributed by atoms with Crippen molar-refractivity contribution >= 4 is 5.97 Å². The Hall–Kier alpha value is -3.14. The summed E-state index contributed by atoms with van der Waals surface area (Å²) >= 11 is 0. The third kappa shape index (κ3) is 3.37.